The predicted molar refractivity (Wildman–Crippen MR) is 73.1 cm³/mol. The lowest BCUT2D eigenvalue weighted by atomic mass is 10.2. The normalized spacial score (nSPS) is 19.0. The molecule has 0 spiro atoms. The van der Waals surface area contributed by atoms with Crippen molar-refractivity contribution in [3.05, 3.63) is 18.2 Å². The van der Waals surface area contributed by atoms with Gasteiger partial charge in [0.2, 0.25) is 5.91 Å². The number of benzene rings is 1. The number of nitrogens with one attached hydrogen (secondary N) is 1. The van der Waals surface area contributed by atoms with Gasteiger partial charge < -0.3 is 10.2 Å². The number of sulfone groups is 1. The minimum atomic E-state index is -3.35. The van der Waals surface area contributed by atoms with Crippen LogP contribution in [0, 0.1) is 5.92 Å². The molecule has 1 N–H and O–H groups in total. The van der Waals surface area contributed by atoms with Crippen molar-refractivity contribution in [2.45, 2.75) is 17.7 Å². The number of hydrogen-bond acceptors (Lipinski definition) is 4. The Morgan fingerprint density at radius 1 is 1.37 bits per heavy atom. The molecule has 2 aliphatic rings. The van der Waals surface area contributed by atoms with E-state index in [4.69, 9.17) is 0 Å². The summed E-state index contributed by atoms with van der Waals surface area (Å²) in [5, 5.41) is 2.70. The maximum atomic E-state index is 11.8. The Labute approximate surface area is 112 Å². The second kappa shape index (κ2) is 4.23. The van der Waals surface area contributed by atoms with Gasteiger partial charge in [0.05, 0.1) is 22.8 Å². The minimum Gasteiger partial charge on any atom is -0.360 e. The van der Waals surface area contributed by atoms with Crippen molar-refractivity contribution in [1.29, 1.82) is 0 Å². The van der Waals surface area contributed by atoms with Crippen molar-refractivity contribution in [3.63, 3.8) is 0 Å². The van der Waals surface area contributed by atoms with Crippen LogP contribution in [0.1, 0.15) is 12.8 Å². The highest BCUT2D eigenvalue weighted by molar-refractivity contribution is 7.90. The second-order valence-corrected chi connectivity index (χ2v) is 7.28. The van der Waals surface area contributed by atoms with E-state index in [1.165, 1.54) is 18.9 Å². The van der Waals surface area contributed by atoms with Crippen molar-refractivity contribution in [2.24, 2.45) is 5.92 Å². The van der Waals surface area contributed by atoms with Crippen LogP contribution in [0.25, 0.3) is 0 Å². The monoisotopic (exact) mass is 280 g/mol. The number of nitrogens with zero attached hydrogens (tertiary/aromatic N) is 1. The van der Waals surface area contributed by atoms with Crippen LogP contribution in [-0.4, -0.2) is 33.7 Å². The largest absolute Gasteiger partial charge is 0.360 e. The molecule has 6 heteroatoms. The number of anilines is 2. The maximum Gasteiger partial charge on any atom is 0.243 e. The lowest BCUT2D eigenvalue weighted by Gasteiger charge is -2.31. The number of fused-ring (bicyclic) bond motifs is 1. The fourth-order valence-corrected chi connectivity index (χ4v) is 3.28. The van der Waals surface area contributed by atoms with Crippen LogP contribution in [0.15, 0.2) is 23.1 Å². The zero-order valence-electron chi connectivity index (χ0n) is 10.7. The highest BCUT2D eigenvalue weighted by Gasteiger charge is 2.31. The molecule has 102 valence electrons. The van der Waals surface area contributed by atoms with Crippen molar-refractivity contribution in [1.82, 2.24) is 0 Å². The Bertz CT molecular complexity index is 635. The number of rotatable bonds is 3. The molecule has 1 aromatic carbocycles. The molecule has 0 atom stereocenters. The van der Waals surface area contributed by atoms with E-state index in [9.17, 15) is 13.2 Å². The fraction of sp³-hybridized carbons (Fsp3) is 0.462. The molecule has 1 fully saturated rings. The van der Waals surface area contributed by atoms with Gasteiger partial charge in [-0.15, -0.1) is 0 Å². The number of amides is 1. The van der Waals surface area contributed by atoms with Gasteiger partial charge in [-0.05, 0) is 30.9 Å². The van der Waals surface area contributed by atoms with Gasteiger partial charge in [0, 0.05) is 12.8 Å². The Kier molecular flexibility index (Phi) is 2.78. The van der Waals surface area contributed by atoms with E-state index in [-0.39, 0.29) is 10.8 Å². The lowest BCUT2D eigenvalue weighted by Crippen LogP contribution is -2.39. The fourth-order valence-electron chi connectivity index (χ4n) is 2.43. The predicted octanol–water partition coefficient (Wildman–Crippen LogP) is 1.26. The number of hydrogen-bond donors (Lipinski definition) is 1. The average molecular weight is 280 g/mol. The molecular formula is C13H16N2O3S. The topological polar surface area (TPSA) is 66.5 Å². The van der Waals surface area contributed by atoms with Gasteiger partial charge in [-0.25, -0.2) is 8.42 Å². The van der Waals surface area contributed by atoms with Crippen molar-refractivity contribution in [2.75, 3.05) is 29.6 Å². The zero-order chi connectivity index (χ0) is 13.6. The smallest absolute Gasteiger partial charge is 0.243 e. The minimum absolute atomic E-state index is 0.149. The SMILES string of the molecule is CS(=O)(=O)c1cccc2c1NC(=O)CN2CC1CC1. The maximum absolute atomic E-state index is 11.8. The average Bonchev–Trinajstić information content (AvgIpc) is 3.10. The van der Waals surface area contributed by atoms with E-state index >= 15 is 0 Å². The molecule has 1 amide bonds. The van der Waals surface area contributed by atoms with Gasteiger partial charge in [0.1, 0.15) is 0 Å². The molecule has 0 saturated heterocycles. The van der Waals surface area contributed by atoms with Crippen molar-refractivity contribution < 1.29 is 13.2 Å². The summed E-state index contributed by atoms with van der Waals surface area (Å²) in [6.45, 7) is 1.13. The van der Waals surface area contributed by atoms with E-state index in [1.54, 1.807) is 6.07 Å². The number of carbonyl (C=O) groups excluding carboxylic acids is 1. The van der Waals surface area contributed by atoms with E-state index in [2.05, 4.69) is 5.32 Å². The van der Waals surface area contributed by atoms with Gasteiger partial charge in [0.25, 0.3) is 0 Å². The van der Waals surface area contributed by atoms with Crippen LogP contribution in [-0.2, 0) is 14.6 Å². The Morgan fingerprint density at radius 3 is 2.74 bits per heavy atom. The molecule has 0 aromatic heterocycles. The van der Waals surface area contributed by atoms with E-state index in [0.29, 0.717) is 18.2 Å². The molecule has 1 aliphatic carbocycles. The van der Waals surface area contributed by atoms with Crippen LogP contribution >= 0.6 is 0 Å². The molecule has 1 aliphatic heterocycles. The molecule has 0 bridgehead atoms. The molecule has 19 heavy (non-hydrogen) atoms. The third kappa shape index (κ3) is 2.45. The second-order valence-electron chi connectivity index (χ2n) is 5.29. The summed E-state index contributed by atoms with van der Waals surface area (Å²) in [4.78, 5) is 13.9. The highest BCUT2D eigenvalue weighted by atomic mass is 32.2. The molecule has 1 heterocycles. The summed E-state index contributed by atoms with van der Waals surface area (Å²) in [6.07, 6.45) is 3.55. The Hall–Kier alpha value is -1.56. The number of para-hydroxylation sites is 1. The third-order valence-electron chi connectivity index (χ3n) is 3.52. The summed E-state index contributed by atoms with van der Waals surface area (Å²) in [7, 11) is -3.35. The first kappa shape index (κ1) is 12.5. The first-order valence-electron chi connectivity index (χ1n) is 6.33. The quantitative estimate of drug-likeness (QED) is 0.905. The van der Waals surface area contributed by atoms with Crippen LogP contribution in [0.2, 0.25) is 0 Å². The Morgan fingerprint density at radius 2 is 2.11 bits per heavy atom. The molecular weight excluding hydrogens is 264 g/mol. The summed E-state index contributed by atoms with van der Waals surface area (Å²) < 4.78 is 23.6. The van der Waals surface area contributed by atoms with Gasteiger partial charge in [-0.2, -0.15) is 0 Å². The molecule has 0 radical (unpaired) electrons. The van der Waals surface area contributed by atoms with Crippen LogP contribution in [0.5, 0.6) is 0 Å². The number of carbonyl (C=O) groups is 1. The third-order valence-corrected chi connectivity index (χ3v) is 4.66. The van der Waals surface area contributed by atoms with Crippen molar-refractivity contribution in [3.8, 4) is 0 Å². The van der Waals surface area contributed by atoms with Crippen LogP contribution in [0.3, 0.4) is 0 Å². The summed E-state index contributed by atoms with van der Waals surface area (Å²) >= 11 is 0. The first-order valence-corrected chi connectivity index (χ1v) is 8.22. The van der Waals surface area contributed by atoms with Crippen LogP contribution < -0.4 is 10.2 Å². The van der Waals surface area contributed by atoms with E-state index < -0.39 is 9.84 Å². The van der Waals surface area contributed by atoms with Gasteiger partial charge in [0.15, 0.2) is 9.84 Å². The Balaban J connectivity index is 2.07. The van der Waals surface area contributed by atoms with Crippen LogP contribution in [0.4, 0.5) is 11.4 Å². The van der Waals surface area contributed by atoms with Crippen molar-refractivity contribution >= 4 is 27.1 Å². The molecule has 1 saturated carbocycles. The summed E-state index contributed by atoms with van der Waals surface area (Å²) in [5.74, 6) is 0.491. The molecule has 5 nitrogen and oxygen atoms in total. The zero-order valence-corrected chi connectivity index (χ0v) is 11.5. The molecule has 1 aromatic rings. The van der Waals surface area contributed by atoms with E-state index in [0.717, 1.165) is 18.5 Å². The van der Waals surface area contributed by atoms with Gasteiger partial charge in [-0.3, -0.25) is 4.79 Å². The highest BCUT2D eigenvalue weighted by Crippen LogP contribution is 2.38. The van der Waals surface area contributed by atoms with Gasteiger partial charge >= 0.3 is 0 Å². The standard InChI is InChI=1S/C13H16N2O3S/c1-19(17,18)11-4-2-3-10-13(11)14-12(16)8-15(10)7-9-5-6-9/h2-4,9H,5-8H2,1H3,(H,14,16). The van der Waals surface area contributed by atoms with Gasteiger partial charge in [-0.1, -0.05) is 6.07 Å². The van der Waals surface area contributed by atoms with E-state index in [1.807, 2.05) is 11.0 Å². The molecule has 0 unspecified atom stereocenters. The first-order chi connectivity index (χ1) is 8.95. The summed E-state index contributed by atoms with van der Waals surface area (Å²) in [6, 6.07) is 5.13. The summed E-state index contributed by atoms with van der Waals surface area (Å²) in [5.41, 5.74) is 1.25. The molecule has 3 rings (SSSR count). The lowest BCUT2D eigenvalue weighted by molar-refractivity contribution is -0.115.